The number of anilines is 1. The van der Waals surface area contributed by atoms with Crippen LogP contribution >= 0.6 is 0 Å². The van der Waals surface area contributed by atoms with Gasteiger partial charge < -0.3 is 4.57 Å². The van der Waals surface area contributed by atoms with Gasteiger partial charge in [-0.25, -0.2) is 5.01 Å². The van der Waals surface area contributed by atoms with E-state index in [4.69, 9.17) is 0 Å². The molecule has 0 aliphatic carbocycles. The molecule has 5 nitrogen and oxygen atoms in total. The Morgan fingerprint density at radius 2 is 1.66 bits per heavy atom. The zero-order valence-electron chi connectivity index (χ0n) is 16.8. The number of carbonyl (C=O) groups is 2. The molecule has 0 bridgehead atoms. The van der Waals surface area contributed by atoms with Crippen LogP contribution in [0.25, 0.3) is 11.8 Å². The molecule has 4 rings (SSSR count). The van der Waals surface area contributed by atoms with Crippen LogP contribution in [0.15, 0.2) is 66.2 Å². The Kier molecular flexibility index (Phi) is 4.80. The van der Waals surface area contributed by atoms with E-state index in [0.717, 1.165) is 29.1 Å². The van der Waals surface area contributed by atoms with E-state index < -0.39 is 5.91 Å². The minimum absolute atomic E-state index is 0.137. The van der Waals surface area contributed by atoms with Crippen LogP contribution in [0.4, 0.5) is 5.69 Å². The molecule has 0 spiro atoms. The molecule has 1 aromatic heterocycles. The third-order valence-corrected chi connectivity index (χ3v) is 5.29. The van der Waals surface area contributed by atoms with Gasteiger partial charge in [-0.05, 0) is 61.7 Å². The summed E-state index contributed by atoms with van der Waals surface area (Å²) in [6.45, 7) is 6.18. The molecule has 0 radical (unpaired) electrons. The summed E-state index contributed by atoms with van der Waals surface area (Å²) in [6.07, 6.45) is 2.62. The largest absolute Gasteiger partial charge is 0.318 e. The fraction of sp³-hybridized carbons (Fsp3) is 0.167. The second kappa shape index (κ2) is 7.43. The van der Waals surface area contributed by atoms with E-state index in [9.17, 15) is 9.59 Å². The zero-order valence-corrected chi connectivity index (χ0v) is 16.8. The lowest BCUT2D eigenvalue weighted by molar-refractivity contribution is -0.117. The van der Waals surface area contributed by atoms with E-state index in [-0.39, 0.29) is 11.5 Å². The zero-order chi connectivity index (χ0) is 20.5. The average Bonchev–Trinajstić information content (AvgIpc) is 3.18. The predicted octanol–water partition coefficient (Wildman–Crippen LogP) is 4.12. The van der Waals surface area contributed by atoms with Crippen molar-refractivity contribution in [3.8, 4) is 5.69 Å². The maximum Gasteiger partial charge on any atom is 0.282 e. The summed E-state index contributed by atoms with van der Waals surface area (Å²) in [5.74, 6) is -0.738. The number of aromatic nitrogens is 1. The lowest BCUT2D eigenvalue weighted by Crippen LogP contribution is -2.35. The molecule has 29 heavy (non-hydrogen) atoms. The van der Waals surface area contributed by atoms with Gasteiger partial charge in [-0.2, -0.15) is 0 Å². The van der Waals surface area contributed by atoms with Crippen LogP contribution in [0, 0.1) is 13.8 Å². The Morgan fingerprint density at radius 1 is 0.966 bits per heavy atom. The minimum Gasteiger partial charge on any atom is -0.318 e. The van der Waals surface area contributed by atoms with Crippen molar-refractivity contribution in [1.82, 2.24) is 9.99 Å². The second-order valence-electron chi connectivity index (χ2n) is 7.12. The van der Waals surface area contributed by atoms with Gasteiger partial charge >= 0.3 is 0 Å². The molecule has 3 aromatic rings. The van der Waals surface area contributed by atoms with Gasteiger partial charge in [-0.1, -0.05) is 43.3 Å². The summed E-state index contributed by atoms with van der Waals surface area (Å²) in [4.78, 5) is 25.4. The maximum atomic E-state index is 12.9. The van der Waals surface area contributed by atoms with Crippen LogP contribution < -0.4 is 10.4 Å². The summed E-state index contributed by atoms with van der Waals surface area (Å²) in [5.41, 5.74) is 8.71. The van der Waals surface area contributed by atoms with Crippen molar-refractivity contribution in [3.05, 3.63) is 88.8 Å². The molecule has 1 saturated heterocycles. The third kappa shape index (κ3) is 3.25. The first-order valence-electron chi connectivity index (χ1n) is 9.70. The molecule has 2 amide bonds. The Bertz CT molecular complexity index is 1130. The molecule has 2 heterocycles. The van der Waals surface area contributed by atoms with Crippen molar-refractivity contribution >= 4 is 23.6 Å². The van der Waals surface area contributed by atoms with Crippen LogP contribution in [0.3, 0.4) is 0 Å². The highest BCUT2D eigenvalue weighted by atomic mass is 16.2. The van der Waals surface area contributed by atoms with Crippen LogP contribution in [0.5, 0.6) is 0 Å². The third-order valence-electron chi connectivity index (χ3n) is 5.29. The van der Waals surface area contributed by atoms with E-state index in [2.05, 4.69) is 29.0 Å². The van der Waals surface area contributed by atoms with E-state index in [1.54, 1.807) is 18.2 Å². The standard InChI is InChI=1S/C24H23N3O2/c1-4-18-10-8-9-13-22(18)26-16(2)14-19(17(26)3)15-21-23(28)25-27(24(21)29)20-11-6-5-7-12-20/h5-15H,4H2,1-3H3,(H,25,28). The van der Waals surface area contributed by atoms with E-state index in [1.807, 2.05) is 50.2 Å². The Hall–Kier alpha value is -3.60. The molecule has 146 valence electrons. The van der Waals surface area contributed by atoms with Gasteiger partial charge in [0.1, 0.15) is 5.57 Å². The van der Waals surface area contributed by atoms with Crippen LogP contribution in [0.1, 0.15) is 29.4 Å². The second-order valence-corrected chi connectivity index (χ2v) is 7.12. The number of hydrogen-bond acceptors (Lipinski definition) is 2. The Morgan fingerprint density at radius 3 is 2.38 bits per heavy atom. The molecule has 1 N–H and O–H groups in total. The normalized spacial score (nSPS) is 15.3. The molecule has 1 aliphatic rings. The van der Waals surface area contributed by atoms with Crippen molar-refractivity contribution in [2.24, 2.45) is 0 Å². The first kappa shape index (κ1) is 18.7. The molecule has 1 fully saturated rings. The van der Waals surface area contributed by atoms with Crippen LogP contribution in [0.2, 0.25) is 0 Å². The number of rotatable bonds is 4. The summed E-state index contributed by atoms with van der Waals surface area (Å²) in [7, 11) is 0. The summed E-state index contributed by atoms with van der Waals surface area (Å²) < 4.78 is 2.18. The van der Waals surface area contributed by atoms with E-state index >= 15 is 0 Å². The predicted molar refractivity (Wildman–Crippen MR) is 115 cm³/mol. The number of nitrogens with zero attached hydrogens (tertiary/aromatic N) is 2. The van der Waals surface area contributed by atoms with Gasteiger partial charge in [0.05, 0.1) is 5.69 Å². The topological polar surface area (TPSA) is 54.3 Å². The molecular weight excluding hydrogens is 362 g/mol. The molecule has 0 saturated carbocycles. The number of hydrazine groups is 1. The summed E-state index contributed by atoms with van der Waals surface area (Å²) >= 11 is 0. The van der Waals surface area contributed by atoms with Crippen molar-refractivity contribution in [3.63, 3.8) is 0 Å². The van der Waals surface area contributed by atoms with Crippen LogP contribution in [-0.2, 0) is 16.0 Å². The van der Waals surface area contributed by atoms with Gasteiger partial charge in [-0.3, -0.25) is 15.0 Å². The Balaban J connectivity index is 1.74. The van der Waals surface area contributed by atoms with Crippen molar-refractivity contribution in [2.45, 2.75) is 27.2 Å². The molecular formula is C24H23N3O2. The average molecular weight is 385 g/mol. The lowest BCUT2D eigenvalue weighted by Gasteiger charge is -2.14. The SMILES string of the molecule is CCc1ccccc1-n1c(C)cc(C=C2C(=O)NN(c3ccccc3)C2=O)c1C. The fourth-order valence-corrected chi connectivity index (χ4v) is 3.80. The van der Waals surface area contributed by atoms with Gasteiger partial charge in [0.15, 0.2) is 0 Å². The summed E-state index contributed by atoms with van der Waals surface area (Å²) in [5, 5.41) is 1.29. The highest BCUT2D eigenvalue weighted by Gasteiger charge is 2.34. The molecule has 0 atom stereocenters. The fourth-order valence-electron chi connectivity index (χ4n) is 3.80. The maximum absolute atomic E-state index is 12.9. The molecule has 0 unspecified atom stereocenters. The number of hydrogen-bond donors (Lipinski definition) is 1. The smallest absolute Gasteiger partial charge is 0.282 e. The van der Waals surface area contributed by atoms with E-state index in [1.165, 1.54) is 10.6 Å². The van der Waals surface area contributed by atoms with Crippen molar-refractivity contribution in [1.29, 1.82) is 0 Å². The minimum atomic E-state index is -0.391. The monoisotopic (exact) mass is 385 g/mol. The molecule has 1 aliphatic heterocycles. The molecule has 2 aromatic carbocycles. The first-order valence-corrected chi connectivity index (χ1v) is 9.70. The quantitative estimate of drug-likeness (QED) is 0.543. The molecule has 5 heteroatoms. The number of carbonyl (C=O) groups excluding carboxylic acids is 2. The Labute approximate surface area is 170 Å². The number of aryl methyl sites for hydroxylation is 2. The highest BCUT2D eigenvalue weighted by molar-refractivity contribution is 6.31. The van der Waals surface area contributed by atoms with Crippen molar-refractivity contribution in [2.75, 3.05) is 5.01 Å². The number of amides is 2. The number of para-hydroxylation sites is 2. The number of benzene rings is 2. The van der Waals surface area contributed by atoms with Crippen molar-refractivity contribution < 1.29 is 9.59 Å². The first-order chi connectivity index (χ1) is 14.0. The lowest BCUT2D eigenvalue weighted by atomic mass is 10.1. The van der Waals surface area contributed by atoms with Gasteiger partial charge in [0, 0.05) is 17.1 Å². The van der Waals surface area contributed by atoms with Gasteiger partial charge in [0.25, 0.3) is 11.8 Å². The van der Waals surface area contributed by atoms with Gasteiger partial charge in [0.2, 0.25) is 0 Å². The number of nitrogens with one attached hydrogen (secondary N) is 1. The van der Waals surface area contributed by atoms with Gasteiger partial charge in [-0.15, -0.1) is 0 Å². The van der Waals surface area contributed by atoms with E-state index in [0.29, 0.717) is 5.69 Å². The summed E-state index contributed by atoms with van der Waals surface area (Å²) in [6, 6.07) is 19.4. The van der Waals surface area contributed by atoms with Crippen LogP contribution in [-0.4, -0.2) is 16.4 Å². The highest BCUT2D eigenvalue weighted by Crippen LogP contribution is 2.27.